The van der Waals surface area contributed by atoms with Crippen LogP contribution in [0.25, 0.3) is 0 Å². The highest BCUT2D eigenvalue weighted by Gasteiger charge is 2.20. The Labute approximate surface area is 137 Å². The van der Waals surface area contributed by atoms with Crippen LogP contribution in [0, 0.1) is 10.1 Å². The summed E-state index contributed by atoms with van der Waals surface area (Å²) in [7, 11) is 0. The SMILES string of the molecule is CCNc1nnc(COc2c(Br)cc(Cl)cc2[N+](=O)[O-])s1. The van der Waals surface area contributed by atoms with E-state index in [0.717, 1.165) is 6.54 Å². The molecule has 1 aromatic carbocycles. The summed E-state index contributed by atoms with van der Waals surface area (Å²) >= 11 is 10.3. The maximum absolute atomic E-state index is 11.0. The summed E-state index contributed by atoms with van der Waals surface area (Å²) in [5.74, 6) is 0.115. The fourth-order valence-electron chi connectivity index (χ4n) is 1.49. The van der Waals surface area contributed by atoms with Crippen molar-refractivity contribution < 1.29 is 9.66 Å². The van der Waals surface area contributed by atoms with Crippen LogP contribution in [0.1, 0.15) is 11.9 Å². The first-order chi connectivity index (χ1) is 10.0. The molecule has 0 amide bonds. The van der Waals surface area contributed by atoms with E-state index in [2.05, 4.69) is 31.4 Å². The molecule has 0 saturated heterocycles. The normalized spacial score (nSPS) is 10.4. The molecule has 0 saturated carbocycles. The number of nitro benzene ring substituents is 1. The number of benzene rings is 1. The molecule has 21 heavy (non-hydrogen) atoms. The third kappa shape index (κ3) is 4.02. The van der Waals surface area contributed by atoms with Crippen LogP contribution in [0.15, 0.2) is 16.6 Å². The van der Waals surface area contributed by atoms with Gasteiger partial charge in [0.25, 0.3) is 0 Å². The van der Waals surface area contributed by atoms with Crippen molar-refractivity contribution in [2.24, 2.45) is 0 Å². The van der Waals surface area contributed by atoms with Crippen LogP contribution >= 0.6 is 38.9 Å². The Kier molecular flexibility index (Phi) is 5.32. The molecule has 0 unspecified atom stereocenters. The third-order valence-electron chi connectivity index (χ3n) is 2.32. The topological polar surface area (TPSA) is 90.2 Å². The van der Waals surface area contributed by atoms with E-state index >= 15 is 0 Å². The molecule has 0 atom stereocenters. The van der Waals surface area contributed by atoms with E-state index in [0.29, 0.717) is 14.6 Å². The van der Waals surface area contributed by atoms with Crippen molar-refractivity contribution in [1.82, 2.24) is 10.2 Å². The highest BCUT2D eigenvalue weighted by molar-refractivity contribution is 9.10. The molecule has 0 radical (unpaired) electrons. The first-order valence-corrected chi connectivity index (χ1v) is 7.82. The van der Waals surface area contributed by atoms with Gasteiger partial charge in [-0.05, 0) is 28.9 Å². The van der Waals surface area contributed by atoms with Gasteiger partial charge in [-0.1, -0.05) is 22.9 Å². The van der Waals surface area contributed by atoms with E-state index in [4.69, 9.17) is 16.3 Å². The molecule has 2 aromatic rings. The van der Waals surface area contributed by atoms with Gasteiger partial charge in [0.1, 0.15) is 6.61 Å². The largest absolute Gasteiger partial charge is 0.479 e. The minimum Gasteiger partial charge on any atom is -0.479 e. The second kappa shape index (κ2) is 7.01. The van der Waals surface area contributed by atoms with Crippen LogP contribution in [0.3, 0.4) is 0 Å². The molecule has 0 fully saturated rings. The molecule has 2 rings (SSSR count). The van der Waals surface area contributed by atoms with Gasteiger partial charge in [0.2, 0.25) is 10.9 Å². The first-order valence-electron chi connectivity index (χ1n) is 5.83. The van der Waals surface area contributed by atoms with Crippen LogP contribution < -0.4 is 10.1 Å². The Bertz CT molecular complexity index is 667. The van der Waals surface area contributed by atoms with Crippen LogP contribution in [-0.4, -0.2) is 21.7 Å². The summed E-state index contributed by atoms with van der Waals surface area (Å²) in [6.45, 7) is 2.78. The summed E-state index contributed by atoms with van der Waals surface area (Å²) in [5.41, 5.74) is -0.203. The number of nitrogens with zero attached hydrogens (tertiary/aromatic N) is 3. The molecule has 0 aliphatic carbocycles. The zero-order chi connectivity index (χ0) is 15.4. The lowest BCUT2D eigenvalue weighted by Gasteiger charge is -2.07. The first kappa shape index (κ1) is 15.9. The predicted octanol–water partition coefficient (Wildman–Crippen LogP) is 3.87. The van der Waals surface area contributed by atoms with E-state index < -0.39 is 4.92 Å². The van der Waals surface area contributed by atoms with Gasteiger partial charge in [-0.3, -0.25) is 10.1 Å². The van der Waals surface area contributed by atoms with Gasteiger partial charge in [-0.25, -0.2) is 0 Å². The van der Waals surface area contributed by atoms with Crippen molar-refractivity contribution in [2.75, 3.05) is 11.9 Å². The van der Waals surface area contributed by atoms with E-state index in [1.165, 1.54) is 23.5 Å². The van der Waals surface area contributed by atoms with Gasteiger partial charge >= 0.3 is 5.69 Å². The summed E-state index contributed by atoms with van der Waals surface area (Å²) in [6, 6.07) is 2.78. The van der Waals surface area contributed by atoms with Gasteiger partial charge < -0.3 is 10.1 Å². The van der Waals surface area contributed by atoms with Crippen molar-refractivity contribution in [3.63, 3.8) is 0 Å². The summed E-state index contributed by atoms with van der Waals surface area (Å²) in [4.78, 5) is 10.5. The quantitative estimate of drug-likeness (QED) is 0.592. The third-order valence-corrected chi connectivity index (χ3v) is 3.98. The average molecular weight is 394 g/mol. The molecule has 112 valence electrons. The minimum atomic E-state index is -0.545. The van der Waals surface area contributed by atoms with Gasteiger partial charge in [-0.15, -0.1) is 10.2 Å². The summed E-state index contributed by atoms with van der Waals surface area (Å²) < 4.78 is 5.91. The highest BCUT2D eigenvalue weighted by Crippen LogP contribution is 2.38. The van der Waals surface area contributed by atoms with Crippen LogP contribution in [0.2, 0.25) is 5.02 Å². The number of hydrogen-bond donors (Lipinski definition) is 1. The van der Waals surface area contributed by atoms with E-state index in [1.54, 1.807) is 0 Å². The Morgan fingerprint density at radius 3 is 2.95 bits per heavy atom. The van der Waals surface area contributed by atoms with Gasteiger partial charge in [0, 0.05) is 17.6 Å². The number of nitrogens with one attached hydrogen (secondary N) is 1. The number of ether oxygens (including phenoxy) is 1. The average Bonchev–Trinajstić information content (AvgIpc) is 2.85. The Hall–Kier alpha value is -1.45. The van der Waals surface area contributed by atoms with Gasteiger partial charge in [0.05, 0.1) is 9.40 Å². The maximum Gasteiger partial charge on any atom is 0.313 e. The Balaban J connectivity index is 2.17. The molecular weight excluding hydrogens is 384 g/mol. The summed E-state index contributed by atoms with van der Waals surface area (Å²) in [5, 5.41) is 23.5. The van der Waals surface area contributed by atoms with E-state index in [9.17, 15) is 10.1 Å². The zero-order valence-electron chi connectivity index (χ0n) is 10.8. The lowest BCUT2D eigenvalue weighted by molar-refractivity contribution is -0.386. The van der Waals surface area contributed by atoms with Crippen molar-refractivity contribution in [2.45, 2.75) is 13.5 Å². The number of aromatic nitrogens is 2. The van der Waals surface area contributed by atoms with Crippen molar-refractivity contribution >= 4 is 49.7 Å². The Morgan fingerprint density at radius 1 is 1.52 bits per heavy atom. The monoisotopic (exact) mass is 392 g/mol. The second-order valence-electron chi connectivity index (χ2n) is 3.81. The number of hydrogen-bond acceptors (Lipinski definition) is 7. The number of halogens is 2. The molecule has 1 heterocycles. The molecule has 0 aliphatic heterocycles. The minimum absolute atomic E-state index is 0.0874. The molecule has 7 nitrogen and oxygen atoms in total. The molecule has 1 aromatic heterocycles. The van der Waals surface area contributed by atoms with Crippen molar-refractivity contribution in [3.8, 4) is 5.75 Å². The fourth-order valence-corrected chi connectivity index (χ4v) is 3.12. The lowest BCUT2D eigenvalue weighted by Crippen LogP contribution is -2.00. The molecule has 10 heteroatoms. The second-order valence-corrected chi connectivity index (χ2v) is 6.17. The van der Waals surface area contributed by atoms with Crippen LogP contribution in [-0.2, 0) is 6.61 Å². The molecule has 0 bridgehead atoms. The zero-order valence-corrected chi connectivity index (χ0v) is 14.0. The number of rotatable bonds is 6. The maximum atomic E-state index is 11.0. The highest BCUT2D eigenvalue weighted by atomic mass is 79.9. The number of nitro groups is 1. The molecule has 0 spiro atoms. The smallest absolute Gasteiger partial charge is 0.313 e. The standard InChI is InChI=1S/C11H10BrClN4O3S/c1-2-14-11-16-15-9(21-11)5-20-10-7(12)3-6(13)4-8(10)17(18)19/h3-4H,2,5H2,1H3,(H,14,16). The van der Waals surface area contributed by atoms with Crippen molar-refractivity contribution in [1.29, 1.82) is 0 Å². The summed E-state index contributed by atoms with van der Waals surface area (Å²) in [6.07, 6.45) is 0. The van der Waals surface area contributed by atoms with Crippen LogP contribution in [0.5, 0.6) is 5.75 Å². The Morgan fingerprint density at radius 2 is 2.29 bits per heavy atom. The lowest BCUT2D eigenvalue weighted by atomic mass is 10.3. The molecule has 1 N–H and O–H groups in total. The van der Waals surface area contributed by atoms with E-state index in [1.807, 2.05) is 6.92 Å². The van der Waals surface area contributed by atoms with Gasteiger partial charge in [-0.2, -0.15) is 0 Å². The number of anilines is 1. The molecular formula is C11H10BrClN4O3S. The van der Waals surface area contributed by atoms with E-state index in [-0.39, 0.29) is 23.1 Å². The predicted molar refractivity (Wildman–Crippen MR) is 84.2 cm³/mol. The van der Waals surface area contributed by atoms with Crippen LogP contribution in [0.4, 0.5) is 10.8 Å². The van der Waals surface area contributed by atoms with Crippen molar-refractivity contribution in [3.05, 3.63) is 36.8 Å². The fraction of sp³-hybridized carbons (Fsp3) is 0.273. The van der Waals surface area contributed by atoms with Gasteiger partial charge in [0.15, 0.2) is 5.01 Å². The molecule has 0 aliphatic rings.